The van der Waals surface area contributed by atoms with E-state index < -0.39 is 0 Å². The van der Waals surface area contributed by atoms with E-state index >= 15 is 0 Å². The number of aromatic nitrogens is 3. The third-order valence-electron chi connectivity index (χ3n) is 5.27. The van der Waals surface area contributed by atoms with Gasteiger partial charge in [0.25, 0.3) is 11.8 Å². The predicted octanol–water partition coefficient (Wildman–Crippen LogP) is 2.93. The van der Waals surface area contributed by atoms with Gasteiger partial charge in [-0.15, -0.1) is 11.3 Å². The number of thiazole rings is 1. The lowest BCUT2D eigenvalue weighted by Crippen LogP contribution is -2.37. The number of hydrogen-bond acceptors (Lipinski definition) is 5. The van der Waals surface area contributed by atoms with Gasteiger partial charge in [0.05, 0.1) is 5.56 Å². The van der Waals surface area contributed by atoms with E-state index in [1.165, 1.54) is 0 Å². The Kier molecular flexibility index (Phi) is 5.44. The molecule has 150 valence electrons. The van der Waals surface area contributed by atoms with E-state index in [0.29, 0.717) is 37.3 Å². The fraction of sp³-hybridized carbons (Fsp3) is 0.333. The Labute approximate surface area is 173 Å². The van der Waals surface area contributed by atoms with Gasteiger partial charge in [-0.3, -0.25) is 19.1 Å². The Balaban J connectivity index is 1.49. The van der Waals surface area contributed by atoms with Crippen LogP contribution in [0.2, 0.25) is 0 Å². The minimum atomic E-state index is -0.0105. The van der Waals surface area contributed by atoms with Gasteiger partial charge in [-0.05, 0) is 38.5 Å². The molecule has 0 N–H and O–H groups in total. The van der Waals surface area contributed by atoms with E-state index in [1.54, 1.807) is 42.1 Å². The van der Waals surface area contributed by atoms with Crippen molar-refractivity contribution in [2.24, 2.45) is 0 Å². The van der Waals surface area contributed by atoms with Gasteiger partial charge in [-0.25, -0.2) is 4.98 Å². The number of rotatable bonds is 3. The molecule has 3 aromatic rings. The molecule has 29 heavy (non-hydrogen) atoms. The Hall–Kier alpha value is -3.00. The fourth-order valence-corrected chi connectivity index (χ4v) is 4.52. The first-order chi connectivity index (χ1) is 14.1. The van der Waals surface area contributed by atoms with Gasteiger partial charge >= 0.3 is 0 Å². The number of pyridine rings is 1. The molecule has 2 amide bonds. The molecule has 1 aliphatic heterocycles. The summed E-state index contributed by atoms with van der Waals surface area (Å²) < 4.78 is 2.02. The zero-order valence-electron chi connectivity index (χ0n) is 16.5. The van der Waals surface area contributed by atoms with Crippen molar-refractivity contribution < 1.29 is 9.59 Å². The molecule has 1 saturated heterocycles. The van der Waals surface area contributed by atoms with Gasteiger partial charge in [-0.2, -0.15) is 0 Å². The minimum Gasteiger partial charge on any atom is -0.337 e. The van der Waals surface area contributed by atoms with Crippen LogP contribution in [0.1, 0.15) is 38.5 Å². The van der Waals surface area contributed by atoms with E-state index in [1.807, 2.05) is 39.7 Å². The number of hydrogen-bond donors (Lipinski definition) is 0. The molecule has 0 aliphatic carbocycles. The predicted molar refractivity (Wildman–Crippen MR) is 112 cm³/mol. The summed E-state index contributed by atoms with van der Waals surface area (Å²) in [5.74, 6) is 0.00256. The second kappa shape index (κ2) is 8.16. The second-order valence-electron chi connectivity index (χ2n) is 7.11. The van der Waals surface area contributed by atoms with Gasteiger partial charge in [0.2, 0.25) is 0 Å². The van der Waals surface area contributed by atoms with E-state index in [4.69, 9.17) is 0 Å². The summed E-state index contributed by atoms with van der Waals surface area (Å²) in [7, 11) is 0. The van der Waals surface area contributed by atoms with Crippen LogP contribution < -0.4 is 0 Å². The van der Waals surface area contributed by atoms with Crippen molar-refractivity contribution in [1.82, 2.24) is 24.3 Å². The average Bonchev–Trinajstić information content (AvgIpc) is 3.27. The third kappa shape index (κ3) is 3.80. The van der Waals surface area contributed by atoms with Gasteiger partial charge < -0.3 is 9.80 Å². The SMILES string of the molecule is Cc1cc(C(=O)N2CCCN(C(=O)c3ccncc3)CC2)c(C)n1-c1nccs1. The van der Waals surface area contributed by atoms with Crippen molar-refractivity contribution in [3.63, 3.8) is 0 Å². The van der Waals surface area contributed by atoms with Crippen LogP contribution in [-0.4, -0.2) is 62.3 Å². The summed E-state index contributed by atoms with van der Waals surface area (Å²) in [6.07, 6.45) is 5.77. The molecule has 0 unspecified atom stereocenters. The first-order valence-corrected chi connectivity index (χ1v) is 10.5. The Morgan fingerprint density at radius 1 is 0.966 bits per heavy atom. The molecular weight excluding hydrogens is 386 g/mol. The number of amides is 2. The summed E-state index contributed by atoms with van der Waals surface area (Å²) in [6, 6.07) is 5.39. The molecule has 4 rings (SSSR count). The average molecular weight is 410 g/mol. The largest absolute Gasteiger partial charge is 0.337 e. The van der Waals surface area contributed by atoms with Crippen LogP contribution in [0.25, 0.3) is 5.13 Å². The molecule has 4 heterocycles. The molecule has 0 bridgehead atoms. The summed E-state index contributed by atoms with van der Waals surface area (Å²) in [5, 5.41) is 2.79. The fourth-order valence-electron chi connectivity index (χ4n) is 3.77. The molecule has 7 nitrogen and oxygen atoms in total. The van der Waals surface area contributed by atoms with Crippen LogP contribution in [0.4, 0.5) is 0 Å². The van der Waals surface area contributed by atoms with E-state index in [0.717, 1.165) is 22.9 Å². The highest BCUT2D eigenvalue weighted by molar-refractivity contribution is 7.12. The molecule has 0 atom stereocenters. The number of nitrogens with zero attached hydrogens (tertiary/aromatic N) is 5. The maximum Gasteiger partial charge on any atom is 0.255 e. The maximum absolute atomic E-state index is 13.2. The Morgan fingerprint density at radius 2 is 1.66 bits per heavy atom. The Bertz CT molecular complexity index is 1010. The zero-order valence-corrected chi connectivity index (χ0v) is 17.4. The van der Waals surface area contributed by atoms with Gasteiger partial charge in [-0.1, -0.05) is 0 Å². The summed E-state index contributed by atoms with van der Waals surface area (Å²) in [5.41, 5.74) is 3.22. The second-order valence-corrected chi connectivity index (χ2v) is 7.98. The van der Waals surface area contributed by atoms with Crippen molar-refractivity contribution in [2.45, 2.75) is 20.3 Å². The lowest BCUT2D eigenvalue weighted by molar-refractivity contribution is 0.0718. The van der Waals surface area contributed by atoms with Gasteiger partial charge in [0, 0.05) is 67.1 Å². The van der Waals surface area contributed by atoms with Crippen molar-refractivity contribution in [2.75, 3.05) is 26.2 Å². The molecular formula is C21H23N5O2S. The summed E-state index contributed by atoms with van der Waals surface area (Å²) in [4.78, 5) is 38.0. The minimum absolute atomic E-state index is 0.0105. The topological polar surface area (TPSA) is 71.3 Å². The number of carbonyl (C=O) groups is 2. The van der Waals surface area contributed by atoms with Crippen molar-refractivity contribution in [3.8, 4) is 5.13 Å². The van der Waals surface area contributed by atoms with Crippen LogP contribution >= 0.6 is 11.3 Å². The summed E-state index contributed by atoms with van der Waals surface area (Å²) >= 11 is 1.55. The van der Waals surface area contributed by atoms with Crippen LogP contribution in [0.3, 0.4) is 0 Å². The third-order valence-corrected chi connectivity index (χ3v) is 6.03. The molecule has 1 fully saturated rings. The lowest BCUT2D eigenvalue weighted by atomic mass is 10.2. The quantitative estimate of drug-likeness (QED) is 0.667. The summed E-state index contributed by atoms with van der Waals surface area (Å²) in [6.45, 7) is 6.28. The molecule has 1 aliphatic rings. The molecule has 0 saturated carbocycles. The molecule has 8 heteroatoms. The molecule has 0 aromatic carbocycles. The first-order valence-electron chi connectivity index (χ1n) is 9.63. The molecule has 0 spiro atoms. The van der Waals surface area contributed by atoms with E-state index in [9.17, 15) is 9.59 Å². The van der Waals surface area contributed by atoms with Crippen LogP contribution in [0.15, 0.2) is 42.2 Å². The normalized spacial score (nSPS) is 14.7. The van der Waals surface area contributed by atoms with E-state index in [2.05, 4.69) is 9.97 Å². The van der Waals surface area contributed by atoms with Gasteiger partial charge in [0.1, 0.15) is 0 Å². The highest BCUT2D eigenvalue weighted by Crippen LogP contribution is 2.24. The first kappa shape index (κ1) is 19.3. The molecule has 3 aromatic heterocycles. The smallest absolute Gasteiger partial charge is 0.255 e. The maximum atomic E-state index is 13.2. The number of carbonyl (C=O) groups excluding carboxylic acids is 2. The molecule has 0 radical (unpaired) electrons. The highest BCUT2D eigenvalue weighted by Gasteiger charge is 2.26. The number of aryl methyl sites for hydroxylation is 1. The monoisotopic (exact) mass is 409 g/mol. The van der Waals surface area contributed by atoms with Crippen LogP contribution in [-0.2, 0) is 0 Å². The van der Waals surface area contributed by atoms with Crippen molar-refractivity contribution in [1.29, 1.82) is 0 Å². The van der Waals surface area contributed by atoms with Crippen LogP contribution in [0, 0.1) is 13.8 Å². The van der Waals surface area contributed by atoms with Crippen molar-refractivity contribution in [3.05, 3.63) is 64.7 Å². The Morgan fingerprint density at radius 3 is 2.31 bits per heavy atom. The van der Waals surface area contributed by atoms with Crippen molar-refractivity contribution >= 4 is 23.2 Å². The van der Waals surface area contributed by atoms with Gasteiger partial charge in [0.15, 0.2) is 5.13 Å². The standard InChI is InChI=1S/C21H23N5O2S/c1-15-14-18(16(2)26(15)21-23-8-13-29-21)20(28)25-10-3-9-24(11-12-25)19(27)17-4-6-22-7-5-17/h4-8,13-14H,3,9-12H2,1-2H3. The van der Waals surface area contributed by atoms with Crippen LogP contribution in [0.5, 0.6) is 0 Å². The lowest BCUT2D eigenvalue weighted by Gasteiger charge is -2.22. The zero-order chi connectivity index (χ0) is 20.4. The highest BCUT2D eigenvalue weighted by atomic mass is 32.1. The van der Waals surface area contributed by atoms with E-state index in [-0.39, 0.29) is 11.8 Å².